The zero-order valence-electron chi connectivity index (χ0n) is 23.9. The molecule has 2 saturated heterocycles. The number of allylic oxidation sites excluding steroid dienone is 1. The van der Waals surface area contributed by atoms with Gasteiger partial charge in [0.05, 0.1) is 0 Å². The highest BCUT2D eigenvalue weighted by molar-refractivity contribution is 8.00. The summed E-state index contributed by atoms with van der Waals surface area (Å²) in [5.41, 5.74) is 6.38. The molecule has 41 heavy (non-hydrogen) atoms. The number of nitrogens with zero attached hydrogens (tertiary/aromatic N) is 2. The Hall–Kier alpha value is -2.61. The van der Waals surface area contributed by atoms with E-state index in [9.17, 15) is 14.4 Å². The van der Waals surface area contributed by atoms with E-state index < -0.39 is 6.04 Å². The number of carbonyl (C=O) groups is 3. The first kappa shape index (κ1) is 28.5. The minimum absolute atomic E-state index is 0.113. The second kappa shape index (κ2) is 11.6. The van der Waals surface area contributed by atoms with Crippen LogP contribution in [0.5, 0.6) is 0 Å². The highest BCUT2D eigenvalue weighted by Crippen LogP contribution is 2.44. The summed E-state index contributed by atoms with van der Waals surface area (Å²) in [6.45, 7) is 8.40. The summed E-state index contributed by atoms with van der Waals surface area (Å²) in [5.74, 6) is -0.740. The maximum atomic E-state index is 13.0. The Kier molecular flexibility index (Phi) is 8.05. The summed E-state index contributed by atoms with van der Waals surface area (Å²) in [6, 6.07) is 13.9. The van der Waals surface area contributed by atoms with E-state index in [2.05, 4.69) is 48.3 Å². The molecule has 0 saturated carbocycles. The molecule has 3 heterocycles. The van der Waals surface area contributed by atoms with Crippen molar-refractivity contribution in [1.29, 1.82) is 0 Å². The minimum atomic E-state index is -0.571. The van der Waals surface area contributed by atoms with E-state index in [0.717, 1.165) is 55.9 Å². The molecule has 1 N–H and O–H groups in total. The number of amides is 3. The predicted octanol–water partition coefficient (Wildman–Crippen LogP) is 6.32. The molecule has 3 amide bonds. The highest BCUT2D eigenvalue weighted by Gasteiger charge is 2.39. The number of fused-ring (bicyclic) bond motifs is 1. The number of thioether (sulfide) groups is 1. The topological polar surface area (TPSA) is 69.7 Å². The zero-order chi connectivity index (χ0) is 28.7. The van der Waals surface area contributed by atoms with Gasteiger partial charge < -0.3 is 4.90 Å². The molecule has 3 aliphatic heterocycles. The monoisotopic (exact) mass is 591 g/mol. The molecule has 0 aromatic heterocycles. The van der Waals surface area contributed by atoms with Gasteiger partial charge in [-0.05, 0) is 104 Å². The van der Waals surface area contributed by atoms with Crippen molar-refractivity contribution in [2.45, 2.75) is 81.5 Å². The van der Waals surface area contributed by atoms with Crippen LogP contribution < -0.4 is 5.32 Å². The van der Waals surface area contributed by atoms with Crippen LogP contribution in [0.3, 0.4) is 0 Å². The number of imide groups is 1. The second-order valence-corrected chi connectivity index (χ2v) is 14.6. The van der Waals surface area contributed by atoms with Crippen molar-refractivity contribution in [3.05, 3.63) is 69.8 Å². The fraction of sp³-hybridized carbons (Fsp3) is 0.485. The number of carbonyl (C=O) groups excluding carboxylic acids is 3. The van der Waals surface area contributed by atoms with Crippen LogP contribution in [-0.4, -0.2) is 58.4 Å². The molecular formula is C33H38ClN3O3S. The lowest BCUT2D eigenvalue weighted by Gasteiger charge is -2.37. The normalized spacial score (nSPS) is 23.6. The first-order valence-corrected chi connectivity index (χ1v) is 16.0. The Bertz CT molecular complexity index is 1390. The number of nitrogens with one attached hydrogen (secondary N) is 1. The third kappa shape index (κ3) is 6.27. The van der Waals surface area contributed by atoms with Crippen molar-refractivity contribution in [2.75, 3.05) is 19.6 Å². The fourth-order valence-electron chi connectivity index (χ4n) is 6.74. The lowest BCUT2D eigenvalue weighted by atomic mass is 9.72. The average Bonchev–Trinajstić information content (AvgIpc) is 3.26. The maximum absolute atomic E-state index is 13.0. The largest absolute Gasteiger partial charge is 0.322 e. The van der Waals surface area contributed by atoms with Gasteiger partial charge in [0.15, 0.2) is 0 Å². The van der Waals surface area contributed by atoms with Gasteiger partial charge in [-0.3, -0.25) is 24.6 Å². The van der Waals surface area contributed by atoms with E-state index in [1.165, 1.54) is 22.5 Å². The number of likely N-dealkylation sites (tertiary alicyclic amines) is 1. The molecule has 1 atom stereocenters. The van der Waals surface area contributed by atoms with Crippen LogP contribution >= 0.6 is 23.4 Å². The smallest absolute Gasteiger partial charge is 0.255 e. The Balaban J connectivity index is 1.07. The van der Waals surface area contributed by atoms with E-state index in [1.807, 2.05) is 30.0 Å². The van der Waals surface area contributed by atoms with Crippen LogP contribution in [0, 0.1) is 5.41 Å². The van der Waals surface area contributed by atoms with Crippen LogP contribution in [0.4, 0.5) is 0 Å². The molecule has 0 bridgehead atoms. The molecule has 216 valence electrons. The number of hydrogen-bond acceptors (Lipinski definition) is 5. The average molecular weight is 592 g/mol. The Morgan fingerprint density at radius 2 is 1.76 bits per heavy atom. The Morgan fingerprint density at radius 1 is 1.00 bits per heavy atom. The predicted molar refractivity (Wildman–Crippen MR) is 164 cm³/mol. The van der Waals surface area contributed by atoms with Crippen LogP contribution in [0.1, 0.15) is 80.3 Å². The summed E-state index contributed by atoms with van der Waals surface area (Å²) in [4.78, 5) is 42.4. The number of benzene rings is 2. The molecular weight excluding hydrogens is 554 g/mol. The van der Waals surface area contributed by atoms with Gasteiger partial charge >= 0.3 is 0 Å². The quantitative estimate of drug-likeness (QED) is 0.398. The molecule has 8 heteroatoms. The molecule has 0 radical (unpaired) electrons. The van der Waals surface area contributed by atoms with Crippen molar-refractivity contribution >= 4 is 46.7 Å². The van der Waals surface area contributed by atoms with Gasteiger partial charge in [-0.1, -0.05) is 43.2 Å². The van der Waals surface area contributed by atoms with E-state index in [-0.39, 0.29) is 24.1 Å². The van der Waals surface area contributed by atoms with Crippen LogP contribution in [0.25, 0.3) is 5.57 Å². The Labute approximate surface area is 251 Å². The molecule has 1 aliphatic carbocycles. The number of halogens is 1. The van der Waals surface area contributed by atoms with Crippen LogP contribution in [0.15, 0.2) is 52.9 Å². The van der Waals surface area contributed by atoms with Crippen molar-refractivity contribution < 1.29 is 14.4 Å². The summed E-state index contributed by atoms with van der Waals surface area (Å²) < 4.78 is 0. The lowest BCUT2D eigenvalue weighted by Crippen LogP contribution is -2.52. The molecule has 4 aliphatic rings. The number of rotatable bonds is 6. The van der Waals surface area contributed by atoms with E-state index in [0.29, 0.717) is 29.2 Å². The number of hydrogen-bond donors (Lipinski definition) is 1. The van der Waals surface area contributed by atoms with Gasteiger partial charge in [-0.2, -0.15) is 0 Å². The van der Waals surface area contributed by atoms with Gasteiger partial charge in [0.2, 0.25) is 11.8 Å². The third-order valence-corrected chi connectivity index (χ3v) is 10.7. The minimum Gasteiger partial charge on any atom is -0.322 e. The molecule has 0 spiro atoms. The van der Waals surface area contributed by atoms with Gasteiger partial charge in [-0.25, -0.2) is 0 Å². The molecule has 6 nitrogen and oxygen atoms in total. The van der Waals surface area contributed by atoms with Crippen molar-refractivity contribution in [2.24, 2.45) is 5.41 Å². The summed E-state index contributed by atoms with van der Waals surface area (Å²) in [7, 11) is 0. The van der Waals surface area contributed by atoms with Gasteiger partial charge in [0, 0.05) is 40.2 Å². The Morgan fingerprint density at radius 3 is 2.49 bits per heavy atom. The molecule has 2 aromatic carbocycles. The van der Waals surface area contributed by atoms with Gasteiger partial charge in [0.25, 0.3) is 5.91 Å². The van der Waals surface area contributed by atoms with Gasteiger partial charge in [-0.15, -0.1) is 11.8 Å². The molecule has 1 unspecified atom stereocenters. The van der Waals surface area contributed by atoms with E-state index in [1.54, 1.807) is 10.5 Å². The van der Waals surface area contributed by atoms with E-state index in [4.69, 9.17) is 11.6 Å². The van der Waals surface area contributed by atoms with E-state index >= 15 is 0 Å². The number of piperidine rings is 2. The van der Waals surface area contributed by atoms with Crippen LogP contribution in [0.2, 0.25) is 5.02 Å². The zero-order valence-corrected chi connectivity index (χ0v) is 25.5. The molecule has 6 rings (SSSR count). The SMILES string of the molecule is CC1(C)CCC(CN2CCC(Sc3ccc4c(c3)CN(C3CCC(=O)NC3=O)C4=O)CC2)=C(c2ccc(Cl)cc2)C1. The highest BCUT2D eigenvalue weighted by atomic mass is 35.5. The van der Waals surface area contributed by atoms with Crippen molar-refractivity contribution in [1.82, 2.24) is 15.1 Å². The summed E-state index contributed by atoms with van der Waals surface area (Å²) in [6.07, 6.45) is 6.43. The lowest BCUT2D eigenvalue weighted by molar-refractivity contribution is -0.136. The second-order valence-electron chi connectivity index (χ2n) is 12.7. The summed E-state index contributed by atoms with van der Waals surface area (Å²) in [5, 5.41) is 3.71. The molecule has 2 fully saturated rings. The van der Waals surface area contributed by atoms with Crippen molar-refractivity contribution in [3.8, 4) is 0 Å². The first-order chi connectivity index (χ1) is 19.6. The van der Waals surface area contributed by atoms with Gasteiger partial charge in [0.1, 0.15) is 6.04 Å². The summed E-state index contributed by atoms with van der Waals surface area (Å²) >= 11 is 8.10. The molecule has 2 aromatic rings. The standard InChI is InChI=1S/C33H38ClN3O3S/c1-33(2)14-11-22(28(18-33)21-3-5-24(34)6-4-21)19-36-15-12-25(13-16-36)41-26-7-8-27-23(17-26)20-37(32(27)40)29-9-10-30(38)35-31(29)39/h3-8,17,25,29H,9-16,18-20H2,1-2H3,(H,35,38,39). The third-order valence-electron chi connectivity index (χ3n) is 9.13. The van der Waals surface area contributed by atoms with Crippen molar-refractivity contribution in [3.63, 3.8) is 0 Å². The fourth-order valence-corrected chi connectivity index (χ4v) is 8.05. The first-order valence-electron chi connectivity index (χ1n) is 14.8. The maximum Gasteiger partial charge on any atom is 0.255 e. The van der Waals surface area contributed by atoms with Crippen LogP contribution in [-0.2, 0) is 16.1 Å².